The van der Waals surface area contributed by atoms with E-state index in [0.29, 0.717) is 6.42 Å². The lowest BCUT2D eigenvalue weighted by Gasteiger charge is -2.24. The van der Waals surface area contributed by atoms with E-state index in [1.165, 1.54) is 22.2 Å². The summed E-state index contributed by atoms with van der Waals surface area (Å²) in [6.45, 7) is 1.04. The Balaban J connectivity index is 1.28. The molecule has 0 saturated heterocycles. The van der Waals surface area contributed by atoms with E-state index in [1.54, 1.807) is 0 Å². The van der Waals surface area contributed by atoms with Gasteiger partial charge in [-0.25, -0.2) is 0 Å². The number of fused-ring (bicyclic) bond motifs is 3. The fraction of sp³-hybridized carbons (Fsp3) is 0.409. The summed E-state index contributed by atoms with van der Waals surface area (Å²) in [7, 11) is 0. The zero-order valence-electron chi connectivity index (χ0n) is 15.2. The van der Waals surface area contributed by atoms with Crippen molar-refractivity contribution in [1.82, 2.24) is 14.9 Å². The first-order valence-electron chi connectivity index (χ1n) is 9.81. The number of amides is 1. The van der Waals surface area contributed by atoms with Gasteiger partial charge in [-0.3, -0.25) is 4.79 Å². The summed E-state index contributed by atoms with van der Waals surface area (Å²) in [4.78, 5) is 15.9. The third-order valence-corrected chi connectivity index (χ3v) is 5.44. The Hall–Kier alpha value is -2.49. The van der Waals surface area contributed by atoms with Gasteiger partial charge in [-0.15, -0.1) is 0 Å². The summed E-state index contributed by atoms with van der Waals surface area (Å²) >= 11 is 0. The van der Waals surface area contributed by atoms with Crippen LogP contribution in [-0.2, 0) is 17.8 Å². The van der Waals surface area contributed by atoms with Crippen molar-refractivity contribution in [3.63, 3.8) is 0 Å². The van der Waals surface area contributed by atoms with Crippen LogP contribution >= 0.6 is 0 Å². The largest absolute Gasteiger partial charge is 0.356 e. The first-order valence-corrected chi connectivity index (χ1v) is 9.81. The highest BCUT2D eigenvalue weighted by atomic mass is 16.1. The summed E-state index contributed by atoms with van der Waals surface area (Å²) in [6.07, 6.45) is 11.2. The van der Waals surface area contributed by atoms with Gasteiger partial charge in [0.1, 0.15) is 0 Å². The number of aryl methyl sites for hydroxylation is 2. The van der Waals surface area contributed by atoms with E-state index in [-0.39, 0.29) is 11.9 Å². The predicted octanol–water partition coefficient (Wildman–Crippen LogP) is 4.72. The Morgan fingerprint density at radius 3 is 2.85 bits per heavy atom. The molecule has 0 spiro atoms. The SMILES string of the molecule is O=C(CCCCCn1cccc1)N[C@H]1CCCc2c1[nH]c1ccccc21. The van der Waals surface area contributed by atoms with Gasteiger partial charge in [-0.2, -0.15) is 0 Å². The van der Waals surface area contributed by atoms with Crippen molar-refractivity contribution >= 4 is 16.8 Å². The minimum Gasteiger partial charge on any atom is -0.356 e. The highest BCUT2D eigenvalue weighted by Gasteiger charge is 2.25. The van der Waals surface area contributed by atoms with Crippen LogP contribution in [0, 0.1) is 0 Å². The number of carbonyl (C=O) groups is 1. The number of aromatic amines is 1. The van der Waals surface area contributed by atoms with Crippen molar-refractivity contribution in [3.05, 3.63) is 60.0 Å². The number of carbonyl (C=O) groups excluding carboxylic acids is 1. The van der Waals surface area contributed by atoms with Gasteiger partial charge in [0.2, 0.25) is 5.91 Å². The predicted molar refractivity (Wildman–Crippen MR) is 105 cm³/mol. The molecule has 2 aromatic heterocycles. The molecule has 0 saturated carbocycles. The van der Waals surface area contributed by atoms with E-state index in [4.69, 9.17) is 0 Å². The number of unbranched alkanes of at least 4 members (excludes halogenated alkanes) is 2. The van der Waals surface area contributed by atoms with Gasteiger partial charge in [0.15, 0.2) is 0 Å². The molecule has 26 heavy (non-hydrogen) atoms. The zero-order chi connectivity index (χ0) is 17.8. The van der Waals surface area contributed by atoms with Crippen molar-refractivity contribution in [1.29, 1.82) is 0 Å². The Bertz CT molecular complexity index is 863. The van der Waals surface area contributed by atoms with E-state index in [0.717, 1.165) is 45.1 Å². The molecule has 0 fully saturated rings. The van der Waals surface area contributed by atoms with Crippen molar-refractivity contribution in [2.24, 2.45) is 0 Å². The molecule has 136 valence electrons. The smallest absolute Gasteiger partial charge is 0.220 e. The highest BCUT2D eigenvalue weighted by Crippen LogP contribution is 2.34. The van der Waals surface area contributed by atoms with Crippen LogP contribution in [0.3, 0.4) is 0 Å². The number of benzene rings is 1. The Labute approximate surface area is 154 Å². The van der Waals surface area contributed by atoms with Crippen molar-refractivity contribution < 1.29 is 4.79 Å². The number of hydrogen-bond donors (Lipinski definition) is 2. The third kappa shape index (κ3) is 3.69. The molecule has 1 aliphatic rings. The average Bonchev–Trinajstić information content (AvgIpc) is 3.29. The molecule has 0 aliphatic heterocycles. The Morgan fingerprint density at radius 2 is 1.96 bits per heavy atom. The summed E-state index contributed by atoms with van der Waals surface area (Å²) in [5, 5.41) is 4.58. The molecule has 4 nitrogen and oxygen atoms in total. The van der Waals surface area contributed by atoms with E-state index in [2.05, 4.69) is 63.7 Å². The van der Waals surface area contributed by atoms with Crippen molar-refractivity contribution in [2.75, 3.05) is 0 Å². The van der Waals surface area contributed by atoms with E-state index in [9.17, 15) is 4.79 Å². The number of nitrogens with one attached hydrogen (secondary N) is 2. The number of rotatable bonds is 7. The summed E-state index contributed by atoms with van der Waals surface area (Å²) < 4.78 is 2.19. The number of H-pyrrole nitrogens is 1. The van der Waals surface area contributed by atoms with Crippen LogP contribution in [0.25, 0.3) is 10.9 Å². The van der Waals surface area contributed by atoms with Gasteiger partial charge in [-0.1, -0.05) is 24.6 Å². The van der Waals surface area contributed by atoms with Crippen molar-refractivity contribution in [3.8, 4) is 0 Å². The Morgan fingerprint density at radius 1 is 1.12 bits per heavy atom. The second-order valence-corrected chi connectivity index (χ2v) is 7.31. The van der Waals surface area contributed by atoms with Gasteiger partial charge in [0.25, 0.3) is 0 Å². The first kappa shape index (κ1) is 17.0. The van der Waals surface area contributed by atoms with E-state index in [1.807, 2.05) is 0 Å². The van der Waals surface area contributed by atoms with E-state index >= 15 is 0 Å². The molecule has 1 amide bonds. The summed E-state index contributed by atoms with van der Waals surface area (Å²) in [6, 6.07) is 12.7. The van der Waals surface area contributed by atoms with Crippen LogP contribution in [-0.4, -0.2) is 15.5 Å². The van der Waals surface area contributed by atoms with Gasteiger partial charge in [0.05, 0.1) is 6.04 Å². The second kappa shape index (κ2) is 7.81. The fourth-order valence-corrected chi connectivity index (χ4v) is 4.10. The molecule has 0 radical (unpaired) electrons. The molecule has 2 heterocycles. The maximum atomic E-state index is 12.4. The molecule has 3 aromatic rings. The Kier molecular flexibility index (Phi) is 5.09. The molecule has 1 atom stereocenters. The van der Waals surface area contributed by atoms with Crippen LogP contribution in [0.4, 0.5) is 0 Å². The monoisotopic (exact) mass is 349 g/mol. The molecular formula is C22H27N3O. The van der Waals surface area contributed by atoms with E-state index < -0.39 is 0 Å². The summed E-state index contributed by atoms with van der Waals surface area (Å²) in [5.41, 5.74) is 3.80. The molecular weight excluding hydrogens is 322 g/mol. The number of hydrogen-bond acceptors (Lipinski definition) is 1. The van der Waals surface area contributed by atoms with Crippen LogP contribution in [0.1, 0.15) is 55.8 Å². The van der Waals surface area contributed by atoms with Crippen molar-refractivity contribution in [2.45, 2.75) is 57.5 Å². The number of para-hydroxylation sites is 1. The molecule has 1 aliphatic carbocycles. The zero-order valence-corrected chi connectivity index (χ0v) is 15.2. The normalized spacial score (nSPS) is 16.5. The van der Waals surface area contributed by atoms with Gasteiger partial charge in [-0.05, 0) is 55.9 Å². The highest BCUT2D eigenvalue weighted by molar-refractivity contribution is 5.85. The molecule has 4 rings (SSSR count). The lowest BCUT2D eigenvalue weighted by atomic mass is 9.91. The maximum absolute atomic E-state index is 12.4. The maximum Gasteiger partial charge on any atom is 0.220 e. The van der Waals surface area contributed by atoms with Crippen LogP contribution in [0.2, 0.25) is 0 Å². The third-order valence-electron chi connectivity index (χ3n) is 5.44. The summed E-state index contributed by atoms with van der Waals surface area (Å²) in [5.74, 6) is 0.183. The first-order chi connectivity index (χ1) is 12.8. The lowest BCUT2D eigenvalue weighted by molar-refractivity contribution is -0.122. The van der Waals surface area contributed by atoms with Gasteiger partial charge >= 0.3 is 0 Å². The standard InChI is InChI=1S/C22H27N3O/c26-21(13-2-1-5-14-25-15-6-7-16-25)23-20-12-8-10-18-17-9-3-4-11-19(17)24-22(18)20/h3-4,6-7,9,11,15-16,20,24H,1-2,5,8,10,12-14H2,(H,23,26)/t20-/m0/s1. The van der Waals surface area contributed by atoms with Crippen LogP contribution in [0.5, 0.6) is 0 Å². The number of aromatic nitrogens is 2. The molecule has 1 aromatic carbocycles. The quantitative estimate of drug-likeness (QED) is 0.596. The minimum absolute atomic E-state index is 0.138. The van der Waals surface area contributed by atoms with Gasteiger partial charge < -0.3 is 14.9 Å². The van der Waals surface area contributed by atoms with Crippen LogP contribution in [0.15, 0.2) is 48.8 Å². The molecule has 4 heteroatoms. The lowest BCUT2D eigenvalue weighted by Crippen LogP contribution is -2.30. The topological polar surface area (TPSA) is 49.8 Å². The second-order valence-electron chi connectivity index (χ2n) is 7.31. The molecule has 2 N–H and O–H groups in total. The fourth-order valence-electron chi connectivity index (χ4n) is 4.10. The minimum atomic E-state index is 0.138. The molecule has 0 unspecified atom stereocenters. The van der Waals surface area contributed by atoms with Crippen LogP contribution < -0.4 is 5.32 Å². The average molecular weight is 349 g/mol. The number of nitrogens with zero attached hydrogens (tertiary/aromatic N) is 1. The molecule has 0 bridgehead atoms. The van der Waals surface area contributed by atoms with Gasteiger partial charge in [0, 0.05) is 42.0 Å².